The summed E-state index contributed by atoms with van der Waals surface area (Å²) in [4.78, 5) is 29.1. The number of aliphatic carboxylic acids is 1. The van der Waals surface area contributed by atoms with Crippen LogP contribution in [0.2, 0.25) is 0 Å². The quantitative estimate of drug-likeness (QED) is 0.304. The highest BCUT2D eigenvalue weighted by Gasteiger charge is 2.38. The Morgan fingerprint density at radius 1 is 0.900 bits per heavy atom. The largest absolute Gasteiger partial charge is 0.493 e. The zero-order valence-electron chi connectivity index (χ0n) is 21.9. The Balaban J connectivity index is 0.000000470. The molecule has 1 fully saturated rings. The summed E-state index contributed by atoms with van der Waals surface area (Å²) >= 11 is 0. The van der Waals surface area contributed by atoms with E-state index in [1.807, 2.05) is 31.2 Å². The van der Waals surface area contributed by atoms with E-state index in [1.54, 1.807) is 20.3 Å². The topological polar surface area (TPSA) is 143 Å². The van der Waals surface area contributed by atoms with Gasteiger partial charge in [0.25, 0.3) is 0 Å². The molecule has 0 atom stereocenters. The third-order valence-corrected chi connectivity index (χ3v) is 6.24. The first-order chi connectivity index (χ1) is 19.0. The van der Waals surface area contributed by atoms with Gasteiger partial charge in [-0.05, 0) is 50.5 Å². The summed E-state index contributed by atoms with van der Waals surface area (Å²) in [6, 6.07) is 9.56. The summed E-state index contributed by atoms with van der Waals surface area (Å²) in [6.07, 6.45) is -1.44. The highest BCUT2D eigenvalue weighted by Crippen LogP contribution is 2.33. The molecule has 2 aromatic heterocycles. The van der Waals surface area contributed by atoms with Gasteiger partial charge in [-0.2, -0.15) is 18.2 Å². The fourth-order valence-corrected chi connectivity index (χ4v) is 4.27. The molecule has 0 spiro atoms. The number of hydrogen-bond acceptors (Lipinski definition) is 10. The van der Waals surface area contributed by atoms with Crippen molar-refractivity contribution in [2.45, 2.75) is 32.4 Å². The lowest BCUT2D eigenvalue weighted by atomic mass is 10.1. The number of anilines is 3. The van der Waals surface area contributed by atoms with Crippen molar-refractivity contribution in [1.82, 2.24) is 19.9 Å². The number of hydrogen-bond donors (Lipinski definition) is 3. The van der Waals surface area contributed by atoms with Gasteiger partial charge in [-0.15, -0.1) is 0 Å². The molecule has 40 heavy (non-hydrogen) atoms. The number of rotatable bonds is 5. The molecule has 0 radical (unpaired) electrons. The molecule has 0 aliphatic carbocycles. The number of halogens is 3. The van der Waals surface area contributed by atoms with Crippen LogP contribution in [0.1, 0.15) is 25.0 Å². The molecule has 14 heteroatoms. The molecule has 11 nitrogen and oxygen atoms in total. The van der Waals surface area contributed by atoms with Crippen LogP contribution in [0.5, 0.6) is 17.4 Å². The van der Waals surface area contributed by atoms with Crippen molar-refractivity contribution in [3.05, 3.63) is 36.0 Å². The Kier molecular flexibility index (Phi) is 8.26. The average molecular weight is 561 g/mol. The van der Waals surface area contributed by atoms with Gasteiger partial charge >= 0.3 is 12.1 Å². The number of piperidine rings is 1. The molecule has 0 unspecified atom stereocenters. The minimum Gasteiger partial charge on any atom is -0.493 e. The number of carboxylic acid groups (broad SMARTS) is 1. The number of carbonyl (C=O) groups is 1. The highest BCUT2D eigenvalue weighted by atomic mass is 19.4. The number of aromatic nitrogens is 4. The number of nitrogens with zero attached hydrogens (tertiary/aromatic N) is 5. The maximum Gasteiger partial charge on any atom is 0.490 e. The van der Waals surface area contributed by atoms with Crippen molar-refractivity contribution < 1.29 is 37.7 Å². The van der Waals surface area contributed by atoms with Crippen molar-refractivity contribution >= 4 is 45.4 Å². The summed E-state index contributed by atoms with van der Waals surface area (Å²) in [5.74, 6) is -1.08. The number of methoxy groups -OCH3 is 2. The van der Waals surface area contributed by atoms with Crippen LogP contribution in [0, 0.1) is 6.92 Å². The lowest BCUT2D eigenvalue weighted by Gasteiger charge is -2.29. The molecule has 4 aromatic rings. The first-order valence-corrected chi connectivity index (χ1v) is 12.2. The summed E-state index contributed by atoms with van der Waals surface area (Å²) < 4.78 is 42.5. The van der Waals surface area contributed by atoms with Crippen LogP contribution in [0.4, 0.5) is 30.8 Å². The molecule has 5 rings (SSSR count). The zero-order chi connectivity index (χ0) is 29.0. The Bertz CT molecular complexity index is 1540. The van der Waals surface area contributed by atoms with E-state index in [0.29, 0.717) is 33.9 Å². The van der Waals surface area contributed by atoms with E-state index in [4.69, 9.17) is 19.4 Å². The van der Waals surface area contributed by atoms with Crippen molar-refractivity contribution in [1.29, 1.82) is 0 Å². The van der Waals surface area contributed by atoms with Gasteiger partial charge < -0.3 is 24.6 Å². The van der Waals surface area contributed by atoms with Crippen LogP contribution in [0.15, 0.2) is 30.3 Å². The van der Waals surface area contributed by atoms with Crippen LogP contribution >= 0.6 is 0 Å². The predicted molar refractivity (Wildman–Crippen MR) is 142 cm³/mol. The van der Waals surface area contributed by atoms with E-state index in [-0.39, 0.29) is 11.8 Å². The van der Waals surface area contributed by atoms with E-state index in [9.17, 15) is 18.3 Å². The smallest absolute Gasteiger partial charge is 0.490 e. The number of alkyl halides is 3. The second kappa shape index (κ2) is 11.6. The Labute approximate surface area is 226 Å². The summed E-state index contributed by atoms with van der Waals surface area (Å²) in [5.41, 5.74) is 3.19. The average Bonchev–Trinajstić information content (AvgIpc) is 2.92. The van der Waals surface area contributed by atoms with Crippen LogP contribution in [0.3, 0.4) is 0 Å². The standard InChI is InChI=1S/C24H26N6O3.C2HF3O2/c1-14-16-12-20(32-2)21(33-3)13-19(16)27-23(25-14)29-24-26-18-8-7-15(11-17(18)22(31)28-24)30-9-5-4-6-10-30;3-2(4,5)1(6)7/h7-8,11-13H,4-6,9-10H2,1-3H3,(H2,25,26,27,28,29,31);(H,6,7). The Hall–Kier alpha value is -4.62. The first kappa shape index (κ1) is 28.4. The minimum absolute atomic E-state index is 0.0784. The first-order valence-electron chi connectivity index (χ1n) is 12.2. The Morgan fingerprint density at radius 2 is 1.50 bits per heavy atom. The van der Waals surface area contributed by atoms with Crippen LogP contribution in [0.25, 0.3) is 21.8 Å². The van der Waals surface area contributed by atoms with Crippen LogP contribution in [-0.4, -0.2) is 69.6 Å². The second-order valence-corrected chi connectivity index (χ2v) is 8.90. The van der Waals surface area contributed by atoms with E-state index in [1.165, 1.54) is 19.3 Å². The fourth-order valence-electron chi connectivity index (χ4n) is 4.27. The third-order valence-electron chi connectivity index (χ3n) is 6.24. The molecule has 1 saturated heterocycles. The number of nitrogens with one attached hydrogen (secondary N) is 1. The van der Waals surface area contributed by atoms with Gasteiger partial charge in [0.15, 0.2) is 11.5 Å². The number of aromatic hydroxyl groups is 1. The van der Waals surface area contributed by atoms with E-state index in [0.717, 1.165) is 29.9 Å². The molecule has 2 aromatic carbocycles. The molecule has 0 amide bonds. The maximum atomic E-state index is 10.6. The highest BCUT2D eigenvalue weighted by molar-refractivity contribution is 5.88. The summed E-state index contributed by atoms with van der Waals surface area (Å²) in [7, 11) is 3.17. The second-order valence-electron chi connectivity index (χ2n) is 8.90. The molecule has 1 aliphatic heterocycles. The molecule has 1 aliphatic rings. The van der Waals surface area contributed by atoms with Crippen molar-refractivity contribution in [2.75, 3.05) is 37.5 Å². The normalized spacial score (nSPS) is 13.5. The van der Waals surface area contributed by atoms with Crippen LogP contribution in [-0.2, 0) is 4.79 Å². The fraction of sp³-hybridized carbons (Fsp3) is 0.346. The lowest BCUT2D eigenvalue weighted by Crippen LogP contribution is -2.29. The summed E-state index contributed by atoms with van der Waals surface area (Å²) in [5, 5.41) is 22.3. The number of fused-ring (bicyclic) bond motifs is 2. The van der Waals surface area contributed by atoms with Gasteiger partial charge in [0.05, 0.1) is 36.3 Å². The predicted octanol–water partition coefficient (Wildman–Crippen LogP) is 4.97. The van der Waals surface area contributed by atoms with Gasteiger partial charge in [-0.25, -0.2) is 19.7 Å². The molecular formula is C26H27F3N6O5. The van der Waals surface area contributed by atoms with Gasteiger partial charge in [0.2, 0.25) is 17.8 Å². The SMILES string of the molecule is COc1cc2nc(Nc3nc(O)c4cc(N5CCCCC5)ccc4n3)nc(C)c2cc1OC.O=C(O)C(F)(F)F. The number of benzene rings is 2. The van der Waals surface area contributed by atoms with E-state index < -0.39 is 12.1 Å². The van der Waals surface area contributed by atoms with Gasteiger partial charge in [-0.3, -0.25) is 5.32 Å². The van der Waals surface area contributed by atoms with Gasteiger partial charge in [0, 0.05) is 30.2 Å². The number of carboxylic acids is 1. The molecule has 0 bridgehead atoms. The monoisotopic (exact) mass is 560 g/mol. The summed E-state index contributed by atoms with van der Waals surface area (Å²) in [6.45, 7) is 3.95. The van der Waals surface area contributed by atoms with Crippen molar-refractivity contribution in [3.8, 4) is 17.4 Å². The zero-order valence-corrected chi connectivity index (χ0v) is 21.9. The molecule has 0 saturated carbocycles. The molecule has 212 valence electrons. The minimum atomic E-state index is -5.08. The molecule has 3 heterocycles. The van der Waals surface area contributed by atoms with Gasteiger partial charge in [0.1, 0.15) is 0 Å². The molecular weight excluding hydrogens is 533 g/mol. The molecule has 3 N–H and O–H groups in total. The van der Waals surface area contributed by atoms with Crippen molar-refractivity contribution in [2.24, 2.45) is 0 Å². The number of aryl methyl sites for hydroxylation is 1. The lowest BCUT2D eigenvalue weighted by molar-refractivity contribution is -0.192. The van der Waals surface area contributed by atoms with Crippen molar-refractivity contribution in [3.63, 3.8) is 0 Å². The Morgan fingerprint density at radius 3 is 2.12 bits per heavy atom. The van der Waals surface area contributed by atoms with E-state index in [2.05, 4.69) is 30.2 Å². The number of ether oxygens (including phenoxy) is 2. The van der Waals surface area contributed by atoms with Gasteiger partial charge in [-0.1, -0.05) is 0 Å². The van der Waals surface area contributed by atoms with Crippen LogP contribution < -0.4 is 19.7 Å². The maximum absolute atomic E-state index is 10.6. The third kappa shape index (κ3) is 6.33. The van der Waals surface area contributed by atoms with E-state index >= 15 is 0 Å².